The fourth-order valence-electron chi connectivity index (χ4n) is 1.77. The summed E-state index contributed by atoms with van der Waals surface area (Å²) in [7, 11) is 0. The minimum atomic E-state index is -0.462. The predicted molar refractivity (Wildman–Crippen MR) is 66.1 cm³/mol. The molecule has 1 heterocycles. The monoisotopic (exact) mass is 260 g/mol. The number of aliphatic hydroxyl groups excluding tert-OH is 1. The van der Waals surface area contributed by atoms with E-state index in [1.165, 1.54) is 6.08 Å². The van der Waals surface area contributed by atoms with Crippen LogP contribution in [0.25, 0.3) is 0 Å². The van der Waals surface area contributed by atoms with Crippen molar-refractivity contribution in [3.05, 3.63) is 32.6 Å². The SMILES string of the molecule is CC1=CC([N+](=O)[O-])=C(Cl)N(CCCCO)C1C. The topological polar surface area (TPSA) is 66.6 Å². The predicted octanol–water partition coefficient (Wildman–Crippen LogP) is 2.09. The summed E-state index contributed by atoms with van der Waals surface area (Å²) in [6.07, 6.45) is 2.95. The number of nitrogens with zero attached hydrogens (tertiary/aromatic N) is 2. The third-order valence-corrected chi connectivity index (χ3v) is 3.37. The third-order valence-electron chi connectivity index (χ3n) is 2.96. The van der Waals surface area contributed by atoms with Crippen molar-refractivity contribution >= 4 is 11.6 Å². The number of aliphatic hydroxyl groups is 1. The highest BCUT2D eigenvalue weighted by Crippen LogP contribution is 2.29. The lowest BCUT2D eigenvalue weighted by Crippen LogP contribution is -2.36. The van der Waals surface area contributed by atoms with Gasteiger partial charge in [0, 0.05) is 25.3 Å². The average molecular weight is 261 g/mol. The molecule has 0 amide bonds. The number of allylic oxidation sites excluding steroid dienone is 1. The van der Waals surface area contributed by atoms with Gasteiger partial charge in [0.15, 0.2) is 5.16 Å². The minimum Gasteiger partial charge on any atom is -0.396 e. The van der Waals surface area contributed by atoms with Crippen LogP contribution in [-0.4, -0.2) is 34.1 Å². The largest absolute Gasteiger partial charge is 0.396 e. The van der Waals surface area contributed by atoms with E-state index in [0.29, 0.717) is 13.0 Å². The lowest BCUT2D eigenvalue weighted by molar-refractivity contribution is -0.421. The summed E-state index contributed by atoms with van der Waals surface area (Å²) in [6, 6.07) is 0.0601. The second-order valence-electron chi connectivity index (χ2n) is 4.12. The van der Waals surface area contributed by atoms with E-state index < -0.39 is 4.92 Å². The molecule has 0 saturated heterocycles. The van der Waals surface area contributed by atoms with Crippen LogP contribution in [0.4, 0.5) is 0 Å². The van der Waals surface area contributed by atoms with Gasteiger partial charge in [0.2, 0.25) is 0 Å². The van der Waals surface area contributed by atoms with Crippen molar-refractivity contribution in [2.24, 2.45) is 0 Å². The van der Waals surface area contributed by atoms with E-state index in [4.69, 9.17) is 16.7 Å². The van der Waals surface area contributed by atoms with Gasteiger partial charge in [-0.2, -0.15) is 0 Å². The van der Waals surface area contributed by atoms with E-state index in [-0.39, 0.29) is 23.5 Å². The molecule has 0 fully saturated rings. The molecule has 0 bridgehead atoms. The van der Waals surface area contributed by atoms with Crippen molar-refractivity contribution < 1.29 is 10.0 Å². The fraction of sp³-hybridized carbons (Fsp3) is 0.636. The van der Waals surface area contributed by atoms with Crippen LogP contribution in [0.2, 0.25) is 0 Å². The Labute approximate surface area is 106 Å². The maximum Gasteiger partial charge on any atom is 0.304 e. The first-order valence-electron chi connectivity index (χ1n) is 5.59. The first-order valence-corrected chi connectivity index (χ1v) is 5.96. The van der Waals surface area contributed by atoms with Crippen molar-refractivity contribution in [2.45, 2.75) is 32.7 Å². The number of halogens is 1. The lowest BCUT2D eigenvalue weighted by Gasteiger charge is -2.33. The molecule has 0 saturated carbocycles. The highest BCUT2D eigenvalue weighted by molar-refractivity contribution is 6.29. The van der Waals surface area contributed by atoms with Gasteiger partial charge in [-0.3, -0.25) is 10.1 Å². The zero-order valence-electron chi connectivity index (χ0n) is 10.0. The Morgan fingerprint density at radius 1 is 1.59 bits per heavy atom. The molecule has 5 nitrogen and oxygen atoms in total. The van der Waals surface area contributed by atoms with Crippen molar-refractivity contribution in [3.8, 4) is 0 Å². The molecule has 1 N–H and O–H groups in total. The molecule has 0 radical (unpaired) electrons. The number of nitro groups is 1. The molecular weight excluding hydrogens is 244 g/mol. The Balaban J connectivity index is 2.88. The van der Waals surface area contributed by atoms with Gasteiger partial charge in [-0.25, -0.2) is 0 Å². The first kappa shape index (κ1) is 14.0. The Bertz CT molecular complexity index is 366. The molecule has 0 aromatic carbocycles. The van der Waals surface area contributed by atoms with Crippen LogP contribution in [0.3, 0.4) is 0 Å². The third kappa shape index (κ3) is 3.20. The molecule has 0 aromatic rings. The Hall–Kier alpha value is -1.07. The highest BCUT2D eigenvalue weighted by Gasteiger charge is 2.29. The molecule has 17 heavy (non-hydrogen) atoms. The van der Waals surface area contributed by atoms with Gasteiger partial charge < -0.3 is 10.0 Å². The standard InChI is InChI=1S/C11H17ClN2O3/c1-8-7-10(14(16)17)11(12)13(9(8)2)5-3-4-6-15/h7,9,15H,3-6H2,1-2H3. The van der Waals surface area contributed by atoms with Gasteiger partial charge in [-0.1, -0.05) is 11.6 Å². The van der Waals surface area contributed by atoms with Crippen LogP contribution in [0, 0.1) is 10.1 Å². The minimum absolute atomic E-state index is 0.0498. The fourth-order valence-corrected chi connectivity index (χ4v) is 2.13. The molecule has 6 heteroatoms. The van der Waals surface area contributed by atoms with E-state index in [1.807, 2.05) is 18.7 Å². The van der Waals surface area contributed by atoms with Crippen LogP contribution in [-0.2, 0) is 0 Å². The summed E-state index contributed by atoms with van der Waals surface area (Å²) < 4.78 is 0. The van der Waals surface area contributed by atoms with Crippen LogP contribution in [0.1, 0.15) is 26.7 Å². The Morgan fingerprint density at radius 3 is 2.76 bits per heavy atom. The summed E-state index contributed by atoms with van der Waals surface area (Å²) in [4.78, 5) is 12.2. The smallest absolute Gasteiger partial charge is 0.304 e. The van der Waals surface area contributed by atoms with Gasteiger partial charge in [-0.15, -0.1) is 0 Å². The van der Waals surface area contributed by atoms with Crippen LogP contribution >= 0.6 is 11.6 Å². The van der Waals surface area contributed by atoms with Gasteiger partial charge in [0.05, 0.1) is 4.92 Å². The number of hydrogen-bond acceptors (Lipinski definition) is 4. The number of unbranched alkanes of at least 4 members (excludes halogenated alkanes) is 1. The summed E-state index contributed by atoms with van der Waals surface area (Å²) >= 11 is 6.04. The first-order chi connectivity index (χ1) is 7.99. The maximum atomic E-state index is 10.8. The van der Waals surface area contributed by atoms with Crippen LogP contribution in [0.5, 0.6) is 0 Å². The number of hydrogen-bond donors (Lipinski definition) is 1. The summed E-state index contributed by atoms with van der Waals surface area (Å²) in [5.41, 5.74) is 0.872. The molecule has 1 aliphatic heterocycles. The summed E-state index contributed by atoms with van der Waals surface area (Å²) in [5, 5.41) is 19.8. The maximum absolute atomic E-state index is 10.8. The Morgan fingerprint density at radius 2 is 2.24 bits per heavy atom. The summed E-state index contributed by atoms with van der Waals surface area (Å²) in [5.74, 6) is 0. The Kier molecular flexibility index (Phi) is 4.96. The molecule has 0 aliphatic carbocycles. The van der Waals surface area contributed by atoms with Crippen molar-refractivity contribution in [3.63, 3.8) is 0 Å². The second kappa shape index (κ2) is 6.02. The average Bonchev–Trinajstić information content (AvgIpc) is 2.28. The molecular formula is C11H17ClN2O3. The molecule has 1 rings (SSSR count). The molecule has 0 aromatic heterocycles. The van der Waals surface area contributed by atoms with Gasteiger partial charge >= 0.3 is 5.70 Å². The molecule has 1 atom stereocenters. The van der Waals surface area contributed by atoms with E-state index in [1.54, 1.807) is 0 Å². The molecule has 0 spiro atoms. The van der Waals surface area contributed by atoms with Gasteiger partial charge in [0.1, 0.15) is 0 Å². The van der Waals surface area contributed by atoms with E-state index in [0.717, 1.165) is 12.0 Å². The zero-order valence-corrected chi connectivity index (χ0v) is 10.8. The molecule has 1 aliphatic rings. The normalized spacial score (nSPS) is 20.6. The quantitative estimate of drug-likeness (QED) is 0.356. The molecule has 1 unspecified atom stereocenters. The van der Waals surface area contributed by atoms with Gasteiger partial charge in [0.25, 0.3) is 0 Å². The number of rotatable bonds is 5. The highest BCUT2D eigenvalue weighted by atomic mass is 35.5. The van der Waals surface area contributed by atoms with E-state index in [9.17, 15) is 10.1 Å². The van der Waals surface area contributed by atoms with E-state index in [2.05, 4.69) is 0 Å². The lowest BCUT2D eigenvalue weighted by atomic mass is 10.0. The molecule has 96 valence electrons. The van der Waals surface area contributed by atoms with Crippen molar-refractivity contribution in [2.75, 3.05) is 13.2 Å². The van der Waals surface area contributed by atoms with Gasteiger partial charge in [-0.05, 0) is 32.3 Å². The van der Waals surface area contributed by atoms with E-state index >= 15 is 0 Å². The van der Waals surface area contributed by atoms with Crippen LogP contribution in [0.15, 0.2) is 22.5 Å². The second-order valence-corrected chi connectivity index (χ2v) is 4.48. The van der Waals surface area contributed by atoms with Crippen LogP contribution < -0.4 is 0 Å². The summed E-state index contributed by atoms with van der Waals surface area (Å²) in [6.45, 7) is 4.56. The van der Waals surface area contributed by atoms with Crippen molar-refractivity contribution in [1.82, 2.24) is 4.90 Å². The zero-order chi connectivity index (χ0) is 13.0. The van der Waals surface area contributed by atoms with Crippen molar-refractivity contribution in [1.29, 1.82) is 0 Å².